The standard InChI is InChI=1S/C52H85NO4/c1-4-6-8-10-12-14-16-18-20-22-24-26-28-30-32-37-43-52(44-38-33-31-29-27-25-23-21-19-17-15-13-11-9-7-5-2)56-49-42-41-48(45-50(49)57-52)53(3)51(54)55-46-47-39-35-34-36-40-47/h12-15,18-21,34-36,39-40,48-50H,4-11,16-17,22-33,37-38,41-46H2,1-3H3/b14-12-,15-13-,20-18-,21-19-/t48-,49-,50+/m1/s1. The summed E-state index contributed by atoms with van der Waals surface area (Å²) in [6.07, 6.45) is 53.4. The molecule has 1 aromatic carbocycles. The molecule has 0 unspecified atom stereocenters. The van der Waals surface area contributed by atoms with Crippen LogP contribution in [-0.2, 0) is 20.8 Å². The molecule has 5 heteroatoms. The molecule has 0 aromatic heterocycles. The summed E-state index contributed by atoms with van der Waals surface area (Å²) >= 11 is 0. The Morgan fingerprint density at radius 1 is 0.614 bits per heavy atom. The van der Waals surface area contributed by atoms with Gasteiger partial charge in [0.15, 0.2) is 5.79 Å². The van der Waals surface area contributed by atoms with E-state index in [0.29, 0.717) is 6.61 Å². The molecule has 0 spiro atoms. The van der Waals surface area contributed by atoms with Crippen LogP contribution in [-0.4, -0.2) is 42.1 Å². The van der Waals surface area contributed by atoms with Gasteiger partial charge in [0.25, 0.3) is 0 Å². The van der Waals surface area contributed by atoms with Gasteiger partial charge in [0, 0.05) is 25.9 Å². The second-order valence-corrected chi connectivity index (χ2v) is 17.0. The molecule has 0 radical (unpaired) electrons. The van der Waals surface area contributed by atoms with Crippen LogP contribution >= 0.6 is 0 Å². The highest BCUT2D eigenvalue weighted by Gasteiger charge is 2.49. The van der Waals surface area contributed by atoms with E-state index in [2.05, 4.69) is 62.5 Å². The number of ether oxygens (including phenoxy) is 3. The Hall–Kier alpha value is -2.63. The largest absolute Gasteiger partial charge is 0.445 e. The molecule has 3 rings (SSSR count). The van der Waals surface area contributed by atoms with Crippen molar-refractivity contribution in [2.75, 3.05) is 7.05 Å². The molecule has 1 aromatic rings. The van der Waals surface area contributed by atoms with E-state index >= 15 is 0 Å². The van der Waals surface area contributed by atoms with Gasteiger partial charge in [-0.25, -0.2) is 4.79 Å². The lowest BCUT2D eigenvalue weighted by Crippen LogP contribution is -2.45. The smallest absolute Gasteiger partial charge is 0.410 e. The molecule has 1 amide bonds. The van der Waals surface area contributed by atoms with Gasteiger partial charge in [-0.1, -0.05) is 170 Å². The Kier molecular flexibility index (Phi) is 27.6. The van der Waals surface area contributed by atoms with E-state index in [1.807, 2.05) is 37.4 Å². The topological polar surface area (TPSA) is 48.0 Å². The van der Waals surface area contributed by atoms with Gasteiger partial charge in [-0.05, 0) is 102 Å². The average Bonchev–Trinajstić information content (AvgIpc) is 3.60. The van der Waals surface area contributed by atoms with Crippen molar-refractivity contribution in [2.24, 2.45) is 0 Å². The van der Waals surface area contributed by atoms with Crippen LogP contribution in [0.2, 0.25) is 0 Å². The molecule has 2 aliphatic rings. The first kappa shape index (κ1) is 48.7. The quantitative estimate of drug-likeness (QED) is 0.0526. The third-order valence-electron chi connectivity index (χ3n) is 12.0. The number of unbranched alkanes of at least 4 members (excludes halogenated alkanes) is 18. The minimum absolute atomic E-state index is 0.0438. The van der Waals surface area contributed by atoms with E-state index in [1.54, 1.807) is 4.90 Å². The van der Waals surface area contributed by atoms with Crippen molar-refractivity contribution in [3.8, 4) is 0 Å². The molecule has 5 nitrogen and oxygen atoms in total. The summed E-state index contributed by atoms with van der Waals surface area (Å²) in [5.41, 5.74) is 1.01. The van der Waals surface area contributed by atoms with Gasteiger partial charge in [0.2, 0.25) is 0 Å². The van der Waals surface area contributed by atoms with Gasteiger partial charge in [0.05, 0.1) is 12.2 Å². The average molecular weight is 788 g/mol. The number of nitrogens with zero attached hydrogens (tertiary/aromatic N) is 1. The zero-order chi connectivity index (χ0) is 40.5. The molecule has 0 bridgehead atoms. The highest BCUT2D eigenvalue weighted by molar-refractivity contribution is 5.67. The normalized spacial score (nSPS) is 19.4. The monoisotopic (exact) mass is 788 g/mol. The maximum atomic E-state index is 13.0. The van der Waals surface area contributed by atoms with Gasteiger partial charge in [-0.15, -0.1) is 0 Å². The zero-order valence-corrected chi connectivity index (χ0v) is 37.0. The lowest BCUT2D eigenvalue weighted by molar-refractivity contribution is -0.186. The molecule has 0 N–H and O–H groups in total. The summed E-state index contributed by atoms with van der Waals surface area (Å²) in [5, 5.41) is 0. The number of amides is 1. The summed E-state index contributed by atoms with van der Waals surface area (Å²) in [4.78, 5) is 14.8. The Bertz CT molecular complexity index is 1190. The number of hydrogen-bond acceptors (Lipinski definition) is 4. The van der Waals surface area contributed by atoms with Gasteiger partial charge >= 0.3 is 6.09 Å². The number of carbonyl (C=O) groups is 1. The van der Waals surface area contributed by atoms with Crippen LogP contribution in [0.3, 0.4) is 0 Å². The Labute approximate surface area is 351 Å². The Balaban J connectivity index is 1.36. The molecule has 3 atom stereocenters. The van der Waals surface area contributed by atoms with E-state index in [-0.39, 0.29) is 24.3 Å². The third-order valence-corrected chi connectivity index (χ3v) is 12.0. The van der Waals surface area contributed by atoms with E-state index < -0.39 is 5.79 Å². The maximum absolute atomic E-state index is 13.0. The number of fused-ring (bicyclic) bond motifs is 1. The van der Waals surface area contributed by atoms with Crippen LogP contribution in [0.15, 0.2) is 78.9 Å². The van der Waals surface area contributed by atoms with E-state index in [9.17, 15) is 4.79 Å². The maximum Gasteiger partial charge on any atom is 0.410 e. The van der Waals surface area contributed by atoms with Crippen molar-refractivity contribution in [1.29, 1.82) is 0 Å². The molecule has 322 valence electrons. The molecule has 1 saturated carbocycles. The summed E-state index contributed by atoms with van der Waals surface area (Å²) in [5.74, 6) is -0.471. The lowest BCUT2D eigenvalue weighted by atomic mass is 9.90. The second kappa shape index (κ2) is 32.2. The number of carbonyl (C=O) groups excluding carboxylic acids is 1. The summed E-state index contributed by atoms with van der Waals surface area (Å²) in [6.45, 7) is 4.83. The predicted molar refractivity (Wildman–Crippen MR) is 242 cm³/mol. The predicted octanol–water partition coefficient (Wildman–Crippen LogP) is 15.7. The van der Waals surface area contributed by atoms with Crippen LogP contribution in [0.4, 0.5) is 4.79 Å². The van der Waals surface area contributed by atoms with Gasteiger partial charge in [0.1, 0.15) is 6.61 Å². The highest BCUT2D eigenvalue weighted by atomic mass is 16.8. The van der Waals surface area contributed by atoms with Crippen molar-refractivity contribution < 1.29 is 19.0 Å². The Morgan fingerprint density at radius 3 is 1.58 bits per heavy atom. The van der Waals surface area contributed by atoms with Gasteiger partial charge < -0.3 is 19.1 Å². The number of allylic oxidation sites excluding steroid dienone is 8. The number of benzene rings is 1. The van der Waals surface area contributed by atoms with Crippen molar-refractivity contribution in [1.82, 2.24) is 4.90 Å². The van der Waals surface area contributed by atoms with Crippen LogP contribution < -0.4 is 0 Å². The Morgan fingerprint density at radius 2 is 1.07 bits per heavy atom. The van der Waals surface area contributed by atoms with Crippen LogP contribution in [0, 0.1) is 0 Å². The number of hydrogen-bond donors (Lipinski definition) is 0. The van der Waals surface area contributed by atoms with Gasteiger partial charge in [-0.3, -0.25) is 0 Å². The first-order chi connectivity index (χ1) is 28.1. The molecular formula is C52H85NO4. The SMILES string of the molecule is CCCCC/C=C\C/C=C\CCCCCCCCC1(CCCCCCCC/C=C\C/C=C\CCCCC)O[C@H]2C[C@H](N(C)C(=O)OCc3ccccc3)CC[C@H]2O1. The van der Waals surface area contributed by atoms with Crippen LogP contribution in [0.1, 0.15) is 206 Å². The fraction of sp³-hybridized carbons (Fsp3) is 0.712. The zero-order valence-electron chi connectivity index (χ0n) is 37.0. The summed E-state index contributed by atoms with van der Waals surface area (Å²) < 4.78 is 19.6. The molecule has 1 aliphatic carbocycles. The van der Waals surface area contributed by atoms with Crippen LogP contribution in [0.25, 0.3) is 0 Å². The highest BCUT2D eigenvalue weighted by Crippen LogP contribution is 2.43. The molecule has 1 saturated heterocycles. The van der Waals surface area contributed by atoms with Crippen molar-refractivity contribution in [3.05, 3.63) is 84.5 Å². The second-order valence-electron chi connectivity index (χ2n) is 17.0. The van der Waals surface area contributed by atoms with Crippen molar-refractivity contribution in [2.45, 2.75) is 231 Å². The fourth-order valence-electron chi connectivity index (χ4n) is 8.37. The fourth-order valence-corrected chi connectivity index (χ4v) is 8.37. The molecule has 1 aliphatic heterocycles. The molecule has 2 fully saturated rings. The summed E-state index contributed by atoms with van der Waals surface area (Å²) in [6, 6.07) is 10.0. The van der Waals surface area contributed by atoms with Crippen LogP contribution in [0.5, 0.6) is 0 Å². The number of rotatable bonds is 33. The summed E-state index contributed by atoms with van der Waals surface area (Å²) in [7, 11) is 1.88. The minimum atomic E-state index is -0.471. The van der Waals surface area contributed by atoms with Gasteiger partial charge in [-0.2, -0.15) is 0 Å². The van der Waals surface area contributed by atoms with Crippen molar-refractivity contribution >= 4 is 6.09 Å². The van der Waals surface area contributed by atoms with E-state index in [4.69, 9.17) is 14.2 Å². The molecule has 1 heterocycles. The minimum Gasteiger partial charge on any atom is -0.445 e. The van der Waals surface area contributed by atoms with E-state index in [1.165, 1.54) is 128 Å². The first-order valence-corrected chi connectivity index (χ1v) is 24.0. The molecule has 57 heavy (non-hydrogen) atoms. The van der Waals surface area contributed by atoms with E-state index in [0.717, 1.165) is 63.4 Å². The third kappa shape index (κ3) is 22.4. The van der Waals surface area contributed by atoms with Crippen molar-refractivity contribution in [3.63, 3.8) is 0 Å². The first-order valence-electron chi connectivity index (χ1n) is 24.0. The molecular weight excluding hydrogens is 703 g/mol. The lowest BCUT2D eigenvalue weighted by Gasteiger charge is -2.34.